The van der Waals surface area contributed by atoms with Gasteiger partial charge in [0.1, 0.15) is 0 Å². The van der Waals surface area contributed by atoms with Crippen molar-refractivity contribution in [3.63, 3.8) is 0 Å². The van der Waals surface area contributed by atoms with Crippen LogP contribution in [0.4, 0.5) is 5.69 Å². The molecular weight excluding hydrogens is 310 g/mol. The van der Waals surface area contributed by atoms with Crippen LogP contribution in [-0.4, -0.2) is 13.1 Å². The Kier molecular flexibility index (Phi) is 4.08. The first kappa shape index (κ1) is 15.9. The fraction of sp³-hybridized carbons (Fsp3) is 0.318. The molecule has 3 heteroatoms. The number of esters is 1. The standard InChI is InChI=1S/C22H23NO2/c1-3-14-6-4-8-18-17-7-5-9-19(17)21(23-20(14)18)15-10-12-16(13-11-15)22(24)25-2/h4-8,10-13,17,19,21,23H,3,9H2,1-2H3/t17-,19-,21-/m1/s1. The molecule has 0 bridgehead atoms. The molecule has 3 nitrogen and oxygen atoms in total. The largest absolute Gasteiger partial charge is 0.465 e. The number of nitrogens with one attached hydrogen (secondary N) is 1. The molecule has 1 aliphatic heterocycles. The molecule has 0 aromatic heterocycles. The Morgan fingerprint density at radius 1 is 1.20 bits per heavy atom. The van der Waals surface area contributed by atoms with Gasteiger partial charge in [0.25, 0.3) is 0 Å². The summed E-state index contributed by atoms with van der Waals surface area (Å²) in [7, 11) is 1.41. The Balaban J connectivity index is 1.72. The van der Waals surface area contributed by atoms with E-state index in [1.54, 1.807) is 0 Å². The minimum Gasteiger partial charge on any atom is -0.465 e. The lowest BCUT2D eigenvalue weighted by atomic mass is 9.76. The van der Waals surface area contributed by atoms with Gasteiger partial charge in [0.15, 0.2) is 0 Å². The maximum absolute atomic E-state index is 11.7. The van der Waals surface area contributed by atoms with E-state index < -0.39 is 0 Å². The zero-order valence-electron chi connectivity index (χ0n) is 14.7. The quantitative estimate of drug-likeness (QED) is 0.644. The van der Waals surface area contributed by atoms with Crippen molar-refractivity contribution in [3.8, 4) is 0 Å². The molecule has 0 radical (unpaired) electrons. The molecule has 1 N–H and O–H groups in total. The summed E-state index contributed by atoms with van der Waals surface area (Å²) in [5.74, 6) is 0.693. The van der Waals surface area contributed by atoms with Gasteiger partial charge in [0.05, 0.1) is 18.7 Å². The van der Waals surface area contributed by atoms with Crippen molar-refractivity contribution in [2.24, 2.45) is 5.92 Å². The highest BCUT2D eigenvalue weighted by atomic mass is 16.5. The summed E-state index contributed by atoms with van der Waals surface area (Å²) in [5, 5.41) is 3.81. The number of hydrogen-bond acceptors (Lipinski definition) is 3. The molecule has 3 atom stereocenters. The van der Waals surface area contributed by atoms with Crippen LogP contribution >= 0.6 is 0 Å². The fourth-order valence-electron chi connectivity index (χ4n) is 4.26. The van der Waals surface area contributed by atoms with E-state index in [4.69, 9.17) is 4.74 Å². The second-order valence-electron chi connectivity index (χ2n) is 6.82. The summed E-state index contributed by atoms with van der Waals surface area (Å²) in [6.07, 6.45) is 6.77. The molecule has 2 aromatic carbocycles. The molecule has 2 aliphatic rings. The molecule has 2 aromatic rings. The Hall–Kier alpha value is -2.55. The maximum Gasteiger partial charge on any atom is 0.337 e. The Labute approximate surface area is 148 Å². The predicted molar refractivity (Wildman–Crippen MR) is 100.0 cm³/mol. The van der Waals surface area contributed by atoms with Crippen molar-refractivity contribution >= 4 is 11.7 Å². The molecule has 0 saturated heterocycles. The lowest BCUT2D eigenvalue weighted by Crippen LogP contribution is -2.29. The highest BCUT2D eigenvalue weighted by Crippen LogP contribution is 2.50. The van der Waals surface area contributed by atoms with Gasteiger partial charge >= 0.3 is 5.97 Å². The number of methoxy groups -OCH3 is 1. The molecule has 4 rings (SSSR count). The molecule has 1 heterocycles. The number of para-hydroxylation sites is 1. The molecule has 0 amide bonds. The summed E-state index contributed by atoms with van der Waals surface area (Å²) >= 11 is 0. The van der Waals surface area contributed by atoms with Crippen LogP contribution in [0.1, 0.15) is 52.4 Å². The molecular formula is C22H23NO2. The lowest BCUT2D eigenvalue weighted by Gasteiger charge is -2.38. The van der Waals surface area contributed by atoms with Crippen molar-refractivity contribution < 1.29 is 9.53 Å². The van der Waals surface area contributed by atoms with E-state index in [1.807, 2.05) is 12.1 Å². The van der Waals surface area contributed by atoms with Gasteiger partial charge in [-0.25, -0.2) is 4.79 Å². The predicted octanol–water partition coefficient (Wildman–Crippen LogP) is 4.86. The molecule has 25 heavy (non-hydrogen) atoms. The third-order valence-corrected chi connectivity index (χ3v) is 5.55. The van der Waals surface area contributed by atoms with E-state index in [1.165, 1.54) is 29.5 Å². The van der Waals surface area contributed by atoms with Crippen LogP contribution in [0.15, 0.2) is 54.6 Å². The van der Waals surface area contributed by atoms with Crippen LogP contribution in [0.5, 0.6) is 0 Å². The fourth-order valence-corrected chi connectivity index (χ4v) is 4.26. The van der Waals surface area contributed by atoms with Crippen molar-refractivity contribution in [1.82, 2.24) is 0 Å². The Morgan fingerprint density at radius 2 is 2.00 bits per heavy atom. The number of aryl methyl sites for hydroxylation is 1. The van der Waals surface area contributed by atoms with Crippen molar-refractivity contribution in [2.75, 3.05) is 12.4 Å². The Bertz CT molecular complexity index is 822. The van der Waals surface area contributed by atoms with Gasteiger partial charge in [-0.15, -0.1) is 0 Å². The zero-order chi connectivity index (χ0) is 17.4. The third kappa shape index (κ3) is 2.64. The van der Waals surface area contributed by atoms with E-state index >= 15 is 0 Å². The average molecular weight is 333 g/mol. The molecule has 1 aliphatic carbocycles. The second-order valence-corrected chi connectivity index (χ2v) is 6.82. The number of rotatable bonds is 3. The summed E-state index contributed by atoms with van der Waals surface area (Å²) in [5.41, 5.74) is 5.90. The Morgan fingerprint density at radius 3 is 2.72 bits per heavy atom. The van der Waals surface area contributed by atoms with E-state index in [9.17, 15) is 4.79 Å². The summed E-state index contributed by atoms with van der Waals surface area (Å²) in [6, 6.07) is 14.7. The smallest absolute Gasteiger partial charge is 0.337 e. The number of allylic oxidation sites excluding steroid dienone is 2. The summed E-state index contributed by atoms with van der Waals surface area (Å²) < 4.78 is 4.80. The number of benzene rings is 2. The van der Waals surface area contributed by atoms with E-state index in [0.29, 0.717) is 17.4 Å². The molecule has 128 valence electrons. The first-order valence-electron chi connectivity index (χ1n) is 8.96. The number of carbonyl (C=O) groups is 1. The van der Waals surface area contributed by atoms with Crippen LogP contribution in [0.25, 0.3) is 0 Å². The van der Waals surface area contributed by atoms with Gasteiger partial charge in [-0.3, -0.25) is 0 Å². The summed E-state index contributed by atoms with van der Waals surface area (Å²) in [6.45, 7) is 2.20. The summed E-state index contributed by atoms with van der Waals surface area (Å²) in [4.78, 5) is 11.7. The first-order chi connectivity index (χ1) is 12.2. The minimum absolute atomic E-state index is 0.256. The first-order valence-corrected chi connectivity index (χ1v) is 8.96. The number of ether oxygens (including phenoxy) is 1. The van der Waals surface area contributed by atoms with Gasteiger partial charge in [-0.1, -0.05) is 49.4 Å². The van der Waals surface area contributed by atoms with Crippen LogP contribution < -0.4 is 5.32 Å². The molecule has 0 fully saturated rings. The van der Waals surface area contributed by atoms with Gasteiger partial charge in [-0.2, -0.15) is 0 Å². The number of fused-ring (bicyclic) bond motifs is 3. The van der Waals surface area contributed by atoms with Gasteiger partial charge in [0.2, 0.25) is 0 Å². The zero-order valence-corrected chi connectivity index (χ0v) is 14.7. The lowest BCUT2D eigenvalue weighted by molar-refractivity contribution is 0.0600. The minimum atomic E-state index is -0.290. The highest BCUT2D eigenvalue weighted by Gasteiger charge is 2.38. The molecule has 0 spiro atoms. The van der Waals surface area contributed by atoms with Crippen LogP contribution in [-0.2, 0) is 11.2 Å². The van der Waals surface area contributed by atoms with Gasteiger partial charge < -0.3 is 10.1 Å². The number of carbonyl (C=O) groups excluding carboxylic acids is 1. The number of hydrogen-bond donors (Lipinski definition) is 1. The SMILES string of the molecule is CCc1cccc2c1N[C@H](c1ccc(C(=O)OC)cc1)[C@@H]1CC=C[C@H]21. The third-order valence-electron chi connectivity index (χ3n) is 5.55. The van der Waals surface area contributed by atoms with Crippen LogP contribution in [0, 0.1) is 5.92 Å². The van der Waals surface area contributed by atoms with Crippen molar-refractivity contribution in [3.05, 3.63) is 76.9 Å². The topological polar surface area (TPSA) is 38.3 Å². The van der Waals surface area contributed by atoms with Crippen LogP contribution in [0.3, 0.4) is 0 Å². The molecule has 0 saturated carbocycles. The van der Waals surface area contributed by atoms with Gasteiger partial charge in [-0.05, 0) is 47.6 Å². The van der Waals surface area contributed by atoms with Crippen molar-refractivity contribution in [1.29, 1.82) is 0 Å². The molecule has 0 unspecified atom stereocenters. The van der Waals surface area contributed by atoms with E-state index in [-0.39, 0.29) is 12.0 Å². The van der Waals surface area contributed by atoms with Crippen LogP contribution in [0.2, 0.25) is 0 Å². The van der Waals surface area contributed by atoms with Gasteiger partial charge in [0, 0.05) is 11.6 Å². The highest BCUT2D eigenvalue weighted by molar-refractivity contribution is 5.89. The van der Waals surface area contributed by atoms with Crippen molar-refractivity contribution in [2.45, 2.75) is 31.7 Å². The monoisotopic (exact) mass is 333 g/mol. The van der Waals surface area contributed by atoms with E-state index in [0.717, 1.165) is 12.8 Å². The average Bonchev–Trinajstić information content (AvgIpc) is 3.16. The normalized spacial score (nSPS) is 23.5. The van der Waals surface area contributed by atoms with E-state index in [2.05, 4.69) is 54.7 Å². The second kappa shape index (κ2) is 6.40. The maximum atomic E-state index is 11.7. The number of anilines is 1.